The van der Waals surface area contributed by atoms with Crippen LogP contribution in [0, 0.1) is 0 Å². The molecule has 1 aromatic carbocycles. The molecule has 0 amide bonds. The van der Waals surface area contributed by atoms with Crippen molar-refractivity contribution in [3.8, 4) is 0 Å². The monoisotopic (exact) mass is 326 g/mol. The zero-order valence-electron chi connectivity index (χ0n) is 8.96. The molecule has 92 valence electrons. The molecule has 1 aromatic rings. The second-order valence-electron chi connectivity index (χ2n) is 3.56. The topological polar surface area (TPSA) is 52.0 Å². The minimum Gasteiger partial charge on any atom is -0.330 e. The molecule has 0 aliphatic rings. The van der Waals surface area contributed by atoms with Crippen LogP contribution in [0.4, 0.5) is 0 Å². The van der Waals surface area contributed by atoms with Crippen molar-refractivity contribution in [3.05, 3.63) is 33.3 Å². The predicted molar refractivity (Wildman–Crippen MR) is 76.2 cm³/mol. The SMILES string of the molecule is Cl.NCCCC[C@@H](N)c1ccc(Br)cc1Cl. The molecule has 0 bridgehead atoms. The number of unbranched alkanes of at least 4 members (excludes halogenated alkanes) is 1. The maximum Gasteiger partial charge on any atom is 0.0464 e. The van der Waals surface area contributed by atoms with Crippen LogP contribution in [0.2, 0.25) is 5.02 Å². The molecule has 2 nitrogen and oxygen atoms in total. The van der Waals surface area contributed by atoms with Gasteiger partial charge in [0, 0.05) is 15.5 Å². The van der Waals surface area contributed by atoms with Crippen molar-refractivity contribution in [1.82, 2.24) is 0 Å². The van der Waals surface area contributed by atoms with Crippen molar-refractivity contribution in [2.75, 3.05) is 6.54 Å². The quantitative estimate of drug-likeness (QED) is 0.811. The van der Waals surface area contributed by atoms with E-state index in [-0.39, 0.29) is 18.4 Å². The Morgan fingerprint density at radius 3 is 2.56 bits per heavy atom. The summed E-state index contributed by atoms with van der Waals surface area (Å²) in [7, 11) is 0. The van der Waals surface area contributed by atoms with E-state index in [9.17, 15) is 0 Å². The molecular formula is C11H17BrCl2N2. The minimum absolute atomic E-state index is 0. The van der Waals surface area contributed by atoms with E-state index in [4.69, 9.17) is 23.1 Å². The lowest BCUT2D eigenvalue weighted by atomic mass is 10.0. The molecule has 5 heteroatoms. The molecule has 0 aliphatic heterocycles. The van der Waals surface area contributed by atoms with Gasteiger partial charge in [-0.15, -0.1) is 12.4 Å². The average Bonchev–Trinajstić information content (AvgIpc) is 2.17. The number of hydrogen-bond acceptors (Lipinski definition) is 2. The van der Waals surface area contributed by atoms with E-state index in [1.807, 2.05) is 18.2 Å². The zero-order chi connectivity index (χ0) is 11.3. The molecule has 1 rings (SSSR count). The van der Waals surface area contributed by atoms with Gasteiger partial charge in [0.1, 0.15) is 0 Å². The third kappa shape index (κ3) is 5.02. The minimum atomic E-state index is 0. The van der Waals surface area contributed by atoms with Crippen molar-refractivity contribution < 1.29 is 0 Å². The first kappa shape index (κ1) is 16.2. The van der Waals surface area contributed by atoms with Gasteiger partial charge in [-0.3, -0.25) is 0 Å². The summed E-state index contributed by atoms with van der Waals surface area (Å²) < 4.78 is 0.977. The molecule has 0 aromatic heterocycles. The maximum absolute atomic E-state index is 6.10. The summed E-state index contributed by atoms with van der Waals surface area (Å²) in [5.74, 6) is 0. The standard InChI is InChI=1S/C11H16BrClN2.ClH/c12-8-4-5-9(10(13)7-8)11(15)3-1-2-6-14;/h4-5,7,11H,1-3,6,14-15H2;1H/t11-;/m1./s1. The van der Waals surface area contributed by atoms with Crippen molar-refractivity contribution in [2.45, 2.75) is 25.3 Å². The molecule has 1 atom stereocenters. The van der Waals surface area contributed by atoms with Crippen LogP contribution in [0.25, 0.3) is 0 Å². The van der Waals surface area contributed by atoms with Crippen LogP contribution in [-0.2, 0) is 0 Å². The van der Waals surface area contributed by atoms with Gasteiger partial charge in [-0.2, -0.15) is 0 Å². The van der Waals surface area contributed by atoms with Crippen LogP contribution in [0.1, 0.15) is 30.9 Å². The third-order valence-electron chi connectivity index (χ3n) is 2.33. The molecule has 0 heterocycles. The Morgan fingerprint density at radius 2 is 2.00 bits per heavy atom. The van der Waals surface area contributed by atoms with E-state index in [1.54, 1.807) is 0 Å². The lowest BCUT2D eigenvalue weighted by Gasteiger charge is -2.13. The van der Waals surface area contributed by atoms with Crippen molar-refractivity contribution in [1.29, 1.82) is 0 Å². The van der Waals surface area contributed by atoms with E-state index in [1.165, 1.54) is 0 Å². The molecule has 0 unspecified atom stereocenters. The number of hydrogen-bond donors (Lipinski definition) is 2. The van der Waals surface area contributed by atoms with Gasteiger partial charge in [0.2, 0.25) is 0 Å². The largest absolute Gasteiger partial charge is 0.330 e. The first-order chi connectivity index (χ1) is 7.15. The van der Waals surface area contributed by atoms with Crippen LogP contribution < -0.4 is 11.5 Å². The van der Waals surface area contributed by atoms with Gasteiger partial charge >= 0.3 is 0 Å². The maximum atomic E-state index is 6.10. The van der Waals surface area contributed by atoms with E-state index in [0.717, 1.165) is 40.9 Å². The molecule has 0 saturated carbocycles. The Bertz CT molecular complexity index is 321. The van der Waals surface area contributed by atoms with Crippen molar-refractivity contribution >= 4 is 39.9 Å². The van der Waals surface area contributed by atoms with Crippen LogP contribution in [0.15, 0.2) is 22.7 Å². The van der Waals surface area contributed by atoms with Crippen LogP contribution >= 0.6 is 39.9 Å². The second-order valence-corrected chi connectivity index (χ2v) is 4.88. The second kappa shape index (κ2) is 8.31. The number of benzene rings is 1. The number of halogens is 3. The average molecular weight is 328 g/mol. The summed E-state index contributed by atoms with van der Waals surface area (Å²) in [5.41, 5.74) is 12.5. The highest BCUT2D eigenvalue weighted by Gasteiger charge is 2.09. The van der Waals surface area contributed by atoms with Crippen LogP contribution in [0.5, 0.6) is 0 Å². The lowest BCUT2D eigenvalue weighted by Crippen LogP contribution is -2.11. The van der Waals surface area contributed by atoms with Gasteiger partial charge in [0.25, 0.3) is 0 Å². The molecule has 0 radical (unpaired) electrons. The molecule has 0 aliphatic carbocycles. The third-order valence-corrected chi connectivity index (χ3v) is 3.15. The summed E-state index contributed by atoms with van der Waals surface area (Å²) in [6.45, 7) is 0.723. The van der Waals surface area contributed by atoms with E-state index in [0.29, 0.717) is 0 Å². The Balaban J connectivity index is 0.00000225. The van der Waals surface area contributed by atoms with Gasteiger partial charge < -0.3 is 11.5 Å². The number of nitrogens with two attached hydrogens (primary N) is 2. The summed E-state index contributed by atoms with van der Waals surface area (Å²) in [6, 6.07) is 5.82. The summed E-state index contributed by atoms with van der Waals surface area (Å²) in [6.07, 6.45) is 2.99. The number of rotatable bonds is 5. The van der Waals surface area contributed by atoms with Crippen LogP contribution in [0.3, 0.4) is 0 Å². The molecular weight excluding hydrogens is 311 g/mol. The highest BCUT2D eigenvalue weighted by atomic mass is 79.9. The van der Waals surface area contributed by atoms with Gasteiger partial charge in [-0.25, -0.2) is 0 Å². The van der Waals surface area contributed by atoms with Gasteiger partial charge in [0.15, 0.2) is 0 Å². The van der Waals surface area contributed by atoms with Gasteiger partial charge in [-0.1, -0.05) is 40.0 Å². The van der Waals surface area contributed by atoms with Gasteiger partial charge in [-0.05, 0) is 37.1 Å². The smallest absolute Gasteiger partial charge is 0.0464 e. The molecule has 0 spiro atoms. The highest BCUT2D eigenvalue weighted by Crippen LogP contribution is 2.27. The Kier molecular flexibility index (Phi) is 8.42. The fraction of sp³-hybridized carbons (Fsp3) is 0.455. The fourth-order valence-corrected chi connectivity index (χ4v) is 2.28. The van der Waals surface area contributed by atoms with E-state index < -0.39 is 0 Å². The summed E-state index contributed by atoms with van der Waals surface area (Å²) in [5, 5.41) is 0.727. The predicted octanol–water partition coefficient (Wildman–Crippen LogP) is 3.65. The molecule has 0 saturated heterocycles. The van der Waals surface area contributed by atoms with Crippen molar-refractivity contribution in [2.24, 2.45) is 11.5 Å². The first-order valence-corrected chi connectivity index (χ1v) is 6.23. The highest BCUT2D eigenvalue weighted by molar-refractivity contribution is 9.10. The Labute approximate surface area is 116 Å². The lowest BCUT2D eigenvalue weighted by molar-refractivity contribution is 0.591. The van der Waals surface area contributed by atoms with E-state index in [2.05, 4.69) is 15.9 Å². The zero-order valence-corrected chi connectivity index (χ0v) is 12.1. The summed E-state index contributed by atoms with van der Waals surface area (Å²) in [4.78, 5) is 0. The Morgan fingerprint density at radius 1 is 1.31 bits per heavy atom. The summed E-state index contributed by atoms with van der Waals surface area (Å²) >= 11 is 9.47. The van der Waals surface area contributed by atoms with Crippen molar-refractivity contribution in [3.63, 3.8) is 0 Å². The fourth-order valence-electron chi connectivity index (χ4n) is 1.47. The van der Waals surface area contributed by atoms with Crippen LogP contribution in [-0.4, -0.2) is 6.54 Å². The first-order valence-electron chi connectivity index (χ1n) is 5.05. The van der Waals surface area contributed by atoms with E-state index >= 15 is 0 Å². The molecule has 0 fully saturated rings. The normalized spacial score (nSPS) is 12.0. The van der Waals surface area contributed by atoms with Gasteiger partial charge in [0.05, 0.1) is 0 Å². The molecule has 4 N–H and O–H groups in total. The molecule has 16 heavy (non-hydrogen) atoms. The Hall–Kier alpha value is 0.200.